The van der Waals surface area contributed by atoms with E-state index in [0.29, 0.717) is 0 Å². The Morgan fingerprint density at radius 2 is 1.24 bits per heavy atom. The summed E-state index contributed by atoms with van der Waals surface area (Å²) in [6.45, 7) is 15.1. The molecule has 1 saturated heterocycles. The van der Waals surface area contributed by atoms with Gasteiger partial charge in [-0.3, -0.25) is 9.69 Å². The number of piperazine rings is 1. The number of nitrogens with one attached hydrogen (secondary N) is 1. The first-order valence-corrected chi connectivity index (χ1v) is 10.2. The van der Waals surface area contributed by atoms with Gasteiger partial charge in [0, 0.05) is 0 Å². The fraction of sp³-hybridized carbons (Fsp3) is 0.762. The summed E-state index contributed by atoms with van der Waals surface area (Å²) in [5.41, 5.74) is -2.04. The Morgan fingerprint density at radius 3 is 1.61 bits per heavy atom. The molecule has 33 heavy (non-hydrogen) atoms. The minimum absolute atomic E-state index is 0.0489. The molecule has 12 nitrogen and oxygen atoms in total. The fourth-order valence-corrected chi connectivity index (χ4v) is 2.09. The molecule has 1 aliphatic rings. The lowest BCUT2D eigenvalue weighted by Gasteiger charge is -2.32. The summed E-state index contributed by atoms with van der Waals surface area (Å²) < 4.78 is 23.5. The Morgan fingerprint density at radius 1 is 0.818 bits per heavy atom. The number of carbonyl (C=O) groups is 5. The second-order valence-electron chi connectivity index (χ2n) is 10.0. The molecule has 1 heterocycles. The van der Waals surface area contributed by atoms with E-state index in [4.69, 9.17) is 14.2 Å². The van der Waals surface area contributed by atoms with E-state index in [1.54, 1.807) is 62.3 Å². The average molecular weight is 477 g/mol. The van der Waals surface area contributed by atoms with Crippen molar-refractivity contribution in [3.8, 4) is 0 Å². The van der Waals surface area contributed by atoms with Crippen LogP contribution >= 0.6 is 0 Å². The monoisotopic (exact) mass is 476 g/mol. The summed E-state index contributed by atoms with van der Waals surface area (Å²) in [6.07, 6.45) is -2.74. The first kappa shape index (κ1) is 29.9. The molecule has 1 N–H and O–H groups in total. The summed E-state index contributed by atoms with van der Waals surface area (Å²) >= 11 is 0. The highest BCUT2D eigenvalue weighted by Crippen LogP contribution is 2.13. The lowest BCUT2D eigenvalue weighted by molar-refractivity contribution is -0.147. The molecule has 0 aromatic carbocycles. The number of ether oxygens (including phenoxy) is 5. The van der Waals surface area contributed by atoms with Crippen LogP contribution in [-0.2, 0) is 33.3 Å². The number of hydrogen-bond donors (Lipinski definition) is 1. The molecule has 0 aliphatic carbocycles. The maximum atomic E-state index is 11.8. The summed E-state index contributed by atoms with van der Waals surface area (Å²) in [7, 11) is 1.22. The van der Waals surface area contributed by atoms with Gasteiger partial charge in [-0.2, -0.15) is 0 Å². The van der Waals surface area contributed by atoms with Crippen molar-refractivity contribution < 1.29 is 47.7 Å². The van der Waals surface area contributed by atoms with E-state index in [2.05, 4.69) is 14.8 Å². The molecule has 190 valence electrons. The summed E-state index contributed by atoms with van der Waals surface area (Å²) in [4.78, 5) is 57.7. The van der Waals surface area contributed by atoms with Crippen LogP contribution in [0.5, 0.6) is 0 Å². The van der Waals surface area contributed by atoms with Crippen molar-refractivity contribution in [1.82, 2.24) is 10.2 Å². The maximum Gasteiger partial charge on any atom is 0.519 e. The molecule has 1 unspecified atom stereocenters. The van der Waals surface area contributed by atoms with Crippen LogP contribution in [0.2, 0.25) is 0 Å². The van der Waals surface area contributed by atoms with Gasteiger partial charge in [0.2, 0.25) is 5.91 Å². The molecule has 0 saturated carbocycles. The third-order valence-electron chi connectivity index (χ3n) is 3.16. The highest BCUT2D eigenvalue weighted by Gasteiger charge is 2.34. The molecular weight excluding hydrogens is 440 g/mol. The third kappa shape index (κ3) is 14.6. The highest BCUT2D eigenvalue weighted by molar-refractivity contribution is 5.89. The Labute approximate surface area is 194 Å². The van der Waals surface area contributed by atoms with E-state index in [0.717, 1.165) is 0 Å². The standard InChI is InChI=1S/C11H18N2O5.C10H18O5/c1-11(2,3)18-10(16)13-5-7(9(15)17-4)12-8(14)6-13;1-9(2,3)14-7(11)13-8(12)15-10(4,5)6/h7H,5-6H2,1-4H3,(H,12,14);1-6H3. The van der Waals surface area contributed by atoms with E-state index in [9.17, 15) is 24.0 Å². The second kappa shape index (κ2) is 11.7. The number of rotatable bonds is 1. The third-order valence-corrected chi connectivity index (χ3v) is 3.16. The van der Waals surface area contributed by atoms with Crippen molar-refractivity contribution in [2.24, 2.45) is 0 Å². The molecule has 12 heteroatoms. The van der Waals surface area contributed by atoms with Crippen molar-refractivity contribution in [2.45, 2.75) is 85.2 Å². The van der Waals surface area contributed by atoms with Crippen LogP contribution in [-0.4, -0.2) is 78.2 Å². The van der Waals surface area contributed by atoms with E-state index >= 15 is 0 Å². The smallest absolute Gasteiger partial charge is 0.467 e. The Balaban J connectivity index is 0.000000633. The zero-order valence-electron chi connectivity index (χ0n) is 21.0. The van der Waals surface area contributed by atoms with E-state index in [-0.39, 0.29) is 13.1 Å². The summed E-state index contributed by atoms with van der Waals surface area (Å²) in [5.74, 6) is -1.00. The molecule has 1 rings (SSSR count). The Bertz CT molecular complexity index is 703. The molecule has 0 spiro atoms. The molecule has 0 aromatic rings. The summed E-state index contributed by atoms with van der Waals surface area (Å²) in [6, 6.07) is -0.844. The van der Waals surface area contributed by atoms with E-state index in [1.165, 1.54) is 12.0 Å². The topological polar surface area (TPSA) is 147 Å². The molecule has 0 aromatic heterocycles. The number of methoxy groups -OCH3 is 1. The highest BCUT2D eigenvalue weighted by atomic mass is 16.8. The van der Waals surface area contributed by atoms with Crippen LogP contribution in [0.4, 0.5) is 14.4 Å². The van der Waals surface area contributed by atoms with Gasteiger partial charge in [0.05, 0.1) is 13.7 Å². The summed E-state index contributed by atoms with van der Waals surface area (Å²) in [5, 5.41) is 2.45. The van der Waals surface area contributed by atoms with Crippen molar-refractivity contribution in [3.63, 3.8) is 0 Å². The van der Waals surface area contributed by atoms with Crippen molar-refractivity contribution in [3.05, 3.63) is 0 Å². The normalized spacial score (nSPS) is 16.4. The van der Waals surface area contributed by atoms with Crippen molar-refractivity contribution in [2.75, 3.05) is 20.2 Å². The van der Waals surface area contributed by atoms with Crippen molar-refractivity contribution in [1.29, 1.82) is 0 Å². The van der Waals surface area contributed by atoms with Crippen LogP contribution in [0.1, 0.15) is 62.3 Å². The fourth-order valence-electron chi connectivity index (χ4n) is 2.09. The van der Waals surface area contributed by atoms with Crippen LogP contribution in [0.15, 0.2) is 0 Å². The van der Waals surface area contributed by atoms with Gasteiger partial charge >= 0.3 is 24.4 Å². The van der Waals surface area contributed by atoms with Gasteiger partial charge in [0.1, 0.15) is 29.4 Å². The lowest BCUT2D eigenvalue weighted by atomic mass is 10.2. The van der Waals surface area contributed by atoms with Gasteiger partial charge in [0.15, 0.2) is 0 Å². The largest absolute Gasteiger partial charge is 0.519 e. The quantitative estimate of drug-likeness (QED) is 0.340. The first-order chi connectivity index (χ1) is 14.7. The van der Waals surface area contributed by atoms with Gasteiger partial charge in [-0.05, 0) is 62.3 Å². The van der Waals surface area contributed by atoms with E-state index in [1.807, 2.05) is 0 Å². The zero-order valence-corrected chi connectivity index (χ0v) is 21.0. The van der Waals surface area contributed by atoms with Gasteiger partial charge in [-0.1, -0.05) is 0 Å². The number of hydrogen-bond acceptors (Lipinski definition) is 10. The van der Waals surface area contributed by atoms with Gasteiger partial charge in [-0.15, -0.1) is 0 Å². The second-order valence-corrected chi connectivity index (χ2v) is 10.0. The molecule has 1 fully saturated rings. The Kier molecular flexibility index (Phi) is 10.6. The van der Waals surface area contributed by atoms with Crippen LogP contribution in [0.3, 0.4) is 0 Å². The van der Waals surface area contributed by atoms with Gasteiger partial charge < -0.3 is 29.0 Å². The van der Waals surface area contributed by atoms with E-state index < -0.39 is 53.1 Å². The molecular formula is C21H36N2O10. The predicted octanol–water partition coefficient (Wildman–Crippen LogP) is 2.77. The lowest BCUT2D eigenvalue weighted by Crippen LogP contribution is -2.59. The van der Waals surface area contributed by atoms with Crippen LogP contribution < -0.4 is 5.32 Å². The van der Waals surface area contributed by atoms with Gasteiger partial charge in [-0.25, -0.2) is 19.2 Å². The Hall–Kier alpha value is -3.05. The van der Waals surface area contributed by atoms with Gasteiger partial charge in [0.25, 0.3) is 0 Å². The van der Waals surface area contributed by atoms with Crippen LogP contribution in [0.25, 0.3) is 0 Å². The predicted molar refractivity (Wildman–Crippen MR) is 115 cm³/mol. The molecule has 2 amide bonds. The minimum Gasteiger partial charge on any atom is -0.467 e. The molecule has 0 radical (unpaired) electrons. The first-order valence-electron chi connectivity index (χ1n) is 10.2. The SMILES string of the molecule is CC(C)(C)OC(=O)OC(=O)OC(C)(C)C.COC(=O)C1CN(C(=O)OC(C)(C)C)CC(=O)N1. The molecule has 1 atom stereocenters. The number of carbonyl (C=O) groups excluding carboxylic acids is 5. The molecule has 1 aliphatic heterocycles. The number of nitrogens with zero attached hydrogens (tertiary/aromatic N) is 1. The maximum absolute atomic E-state index is 11.8. The average Bonchev–Trinajstić information content (AvgIpc) is 2.55. The number of esters is 1. The number of amides is 2. The van der Waals surface area contributed by atoms with Crippen molar-refractivity contribution >= 4 is 30.3 Å². The van der Waals surface area contributed by atoms with Crippen LogP contribution in [0, 0.1) is 0 Å². The zero-order chi connectivity index (χ0) is 26.2. The molecule has 0 bridgehead atoms. The minimum atomic E-state index is -1.06.